The van der Waals surface area contributed by atoms with Gasteiger partial charge in [0.1, 0.15) is 5.82 Å². The summed E-state index contributed by atoms with van der Waals surface area (Å²) in [4.78, 5) is 16.6. The lowest BCUT2D eigenvalue weighted by Gasteiger charge is -2.04. The van der Waals surface area contributed by atoms with Crippen molar-refractivity contribution in [3.05, 3.63) is 84.2 Å². The zero-order chi connectivity index (χ0) is 22.9. The number of nitrogens with two attached hydrogens (primary N) is 1. The molecule has 0 spiro atoms. The number of halogens is 1. The number of carbonyl (C=O) groups is 1. The summed E-state index contributed by atoms with van der Waals surface area (Å²) in [6.45, 7) is 0. The van der Waals surface area contributed by atoms with E-state index >= 15 is 0 Å². The van der Waals surface area contributed by atoms with Crippen LogP contribution in [0, 0.1) is 5.82 Å². The number of aromatic carboxylic acids is 1. The van der Waals surface area contributed by atoms with Gasteiger partial charge in [0.25, 0.3) is 0 Å². The minimum Gasteiger partial charge on any atom is -0.478 e. The van der Waals surface area contributed by atoms with Crippen molar-refractivity contribution >= 4 is 38.1 Å². The predicted molar refractivity (Wildman–Crippen MR) is 121 cm³/mol. The van der Waals surface area contributed by atoms with Gasteiger partial charge in [-0.3, -0.25) is 0 Å². The molecule has 162 valence electrons. The summed E-state index contributed by atoms with van der Waals surface area (Å²) in [5, 5.41) is 18.0. The standard InChI is InChI=1S/C22H16FN3O4S2/c23-16-8-4-13(5-9-16)19-20(14-6-10-18(11-7-14)32(24,29)30)31-22(26-19)25-17-3-1-2-15(12-17)21(27)28/h1-12H,(H,25,26)(H,27,28)(H2,24,29,30). The van der Waals surface area contributed by atoms with E-state index in [1.54, 1.807) is 36.4 Å². The number of nitrogens with one attached hydrogen (secondary N) is 1. The van der Waals surface area contributed by atoms with Crippen LogP contribution in [-0.4, -0.2) is 24.5 Å². The lowest BCUT2D eigenvalue weighted by molar-refractivity contribution is 0.0697. The number of rotatable bonds is 6. The fraction of sp³-hybridized carbons (Fsp3) is 0. The molecule has 0 saturated heterocycles. The molecule has 1 aromatic heterocycles. The summed E-state index contributed by atoms with van der Waals surface area (Å²) < 4.78 is 36.6. The normalized spacial score (nSPS) is 11.3. The van der Waals surface area contributed by atoms with Gasteiger partial charge in [-0.15, -0.1) is 0 Å². The fourth-order valence-corrected chi connectivity index (χ4v) is 4.55. The van der Waals surface area contributed by atoms with Crippen LogP contribution in [0.1, 0.15) is 10.4 Å². The molecule has 3 aromatic carbocycles. The van der Waals surface area contributed by atoms with Gasteiger partial charge in [-0.25, -0.2) is 27.7 Å². The third-order valence-electron chi connectivity index (χ3n) is 4.55. The first-order chi connectivity index (χ1) is 15.2. The van der Waals surface area contributed by atoms with E-state index in [4.69, 9.17) is 5.14 Å². The highest BCUT2D eigenvalue weighted by atomic mass is 32.2. The molecule has 0 aliphatic heterocycles. The number of hydrogen-bond donors (Lipinski definition) is 3. The summed E-state index contributed by atoms with van der Waals surface area (Å²) in [6, 6.07) is 18.2. The fourth-order valence-electron chi connectivity index (χ4n) is 3.02. The largest absolute Gasteiger partial charge is 0.478 e. The Kier molecular flexibility index (Phi) is 5.74. The van der Waals surface area contributed by atoms with E-state index in [9.17, 15) is 22.7 Å². The van der Waals surface area contributed by atoms with E-state index in [1.165, 1.54) is 47.7 Å². The molecule has 0 radical (unpaired) electrons. The first kappa shape index (κ1) is 21.6. The van der Waals surface area contributed by atoms with Crippen LogP contribution >= 0.6 is 11.3 Å². The molecule has 7 nitrogen and oxygen atoms in total. The first-order valence-electron chi connectivity index (χ1n) is 9.21. The number of thiazole rings is 1. The second-order valence-electron chi connectivity index (χ2n) is 6.78. The maximum Gasteiger partial charge on any atom is 0.335 e. The monoisotopic (exact) mass is 469 g/mol. The zero-order valence-corrected chi connectivity index (χ0v) is 18.0. The van der Waals surface area contributed by atoms with Crippen molar-refractivity contribution in [2.45, 2.75) is 4.90 Å². The Morgan fingerprint density at radius 3 is 2.28 bits per heavy atom. The summed E-state index contributed by atoms with van der Waals surface area (Å²) >= 11 is 1.29. The van der Waals surface area contributed by atoms with E-state index in [0.29, 0.717) is 27.6 Å². The van der Waals surface area contributed by atoms with E-state index in [2.05, 4.69) is 10.3 Å². The van der Waals surface area contributed by atoms with Crippen molar-refractivity contribution in [3.63, 3.8) is 0 Å². The molecule has 1 heterocycles. The highest BCUT2D eigenvalue weighted by molar-refractivity contribution is 7.89. The maximum atomic E-state index is 13.4. The van der Waals surface area contributed by atoms with Gasteiger partial charge in [0.2, 0.25) is 10.0 Å². The van der Waals surface area contributed by atoms with Crippen molar-refractivity contribution in [1.29, 1.82) is 0 Å². The number of aromatic nitrogens is 1. The molecule has 0 bridgehead atoms. The number of anilines is 2. The molecule has 0 unspecified atom stereocenters. The van der Waals surface area contributed by atoms with Gasteiger partial charge in [-0.05, 0) is 60.2 Å². The number of carboxylic acids is 1. The third kappa shape index (κ3) is 4.67. The van der Waals surface area contributed by atoms with Crippen LogP contribution in [-0.2, 0) is 10.0 Å². The molecule has 0 aliphatic rings. The molecule has 4 rings (SSSR count). The Morgan fingerprint density at radius 2 is 1.66 bits per heavy atom. The van der Waals surface area contributed by atoms with Gasteiger partial charge in [0.05, 0.1) is 21.0 Å². The molecule has 10 heteroatoms. The Morgan fingerprint density at radius 1 is 1.00 bits per heavy atom. The highest BCUT2D eigenvalue weighted by Crippen LogP contribution is 2.40. The van der Waals surface area contributed by atoms with Gasteiger partial charge in [0, 0.05) is 11.3 Å². The van der Waals surface area contributed by atoms with Gasteiger partial charge < -0.3 is 10.4 Å². The second-order valence-corrected chi connectivity index (χ2v) is 9.34. The summed E-state index contributed by atoms with van der Waals surface area (Å²) in [6.07, 6.45) is 0. The van der Waals surface area contributed by atoms with Crippen molar-refractivity contribution in [1.82, 2.24) is 4.98 Å². The number of carboxylic acid groups (broad SMARTS) is 1. The smallest absolute Gasteiger partial charge is 0.335 e. The topological polar surface area (TPSA) is 122 Å². The Balaban J connectivity index is 1.78. The molecule has 32 heavy (non-hydrogen) atoms. The van der Waals surface area contributed by atoms with E-state index in [0.717, 1.165) is 4.88 Å². The average Bonchev–Trinajstić information content (AvgIpc) is 3.17. The minimum atomic E-state index is -3.83. The SMILES string of the molecule is NS(=O)(=O)c1ccc(-c2sc(Nc3cccc(C(=O)O)c3)nc2-c2ccc(F)cc2)cc1. The first-order valence-corrected chi connectivity index (χ1v) is 11.6. The molecule has 0 aliphatic carbocycles. The molecular weight excluding hydrogens is 453 g/mol. The van der Waals surface area contributed by atoms with Gasteiger partial charge in [-0.2, -0.15) is 0 Å². The number of primary sulfonamides is 1. The third-order valence-corrected chi connectivity index (χ3v) is 6.50. The van der Waals surface area contributed by atoms with Crippen molar-refractivity contribution in [2.75, 3.05) is 5.32 Å². The van der Waals surface area contributed by atoms with Gasteiger partial charge in [0.15, 0.2) is 5.13 Å². The molecule has 0 fully saturated rings. The van der Waals surface area contributed by atoms with Crippen LogP contribution in [0.3, 0.4) is 0 Å². The quantitative estimate of drug-likeness (QED) is 0.376. The number of hydrogen-bond acceptors (Lipinski definition) is 6. The molecule has 4 aromatic rings. The van der Waals surface area contributed by atoms with Crippen LogP contribution in [0.5, 0.6) is 0 Å². The van der Waals surface area contributed by atoms with E-state index in [1.807, 2.05) is 0 Å². The Hall–Kier alpha value is -3.60. The average molecular weight is 470 g/mol. The van der Waals surface area contributed by atoms with E-state index < -0.39 is 16.0 Å². The van der Waals surface area contributed by atoms with Gasteiger partial charge >= 0.3 is 5.97 Å². The number of sulfonamides is 1. The van der Waals surface area contributed by atoms with E-state index in [-0.39, 0.29) is 16.3 Å². The number of nitrogens with zero attached hydrogens (tertiary/aromatic N) is 1. The summed E-state index contributed by atoms with van der Waals surface area (Å²) in [5.74, 6) is -1.43. The van der Waals surface area contributed by atoms with Crippen molar-refractivity contribution in [3.8, 4) is 21.7 Å². The van der Waals surface area contributed by atoms with Crippen LogP contribution in [0.15, 0.2) is 77.7 Å². The van der Waals surface area contributed by atoms with Crippen LogP contribution in [0.2, 0.25) is 0 Å². The molecule has 0 amide bonds. The predicted octanol–water partition coefficient (Wildman–Crippen LogP) is 4.71. The lowest BCUT2D eigenvalue weighted by atomic mass is 10.1. The molecule has 4 N–H and O–H groups in total. The minimum absolute atomic E-state index is 0.0158. The molecule has 0 atom stereocenters. The maximum absolute atomic E-state index is 13.4. The zero-order valence-electron chi connectivity index (χ0n) is 16.3. The van der Waals surface area contributed by atoms with Crippen LogP contribution < -0.4 is 10.5 Å². The van der Waals surface area contributed by atoms with Crippen molar-refractivity contribution in [2.24, 2.45) is 5.14 Å². The van der Waals surface area contributed by atoms with Crippen LogP contribution in [0.4, 0.5) is 15.2 Å². The number of benzene rings is 3. The molecular formula is C22H16FN3O4S2. The second kappa shape index (κ2) is 8.50. The summed E-state index contributed by atoms with van der Waals surface area (Å²) in [5.41, 5.74) is 2.60. The highest BCUT2D eigenvalue weighted by Gasteiger charge is 2.17. The Labute approximate surface area is 187 Å². The lowest BCUT2D eigenvalue weighted by Crippen LogP contribution is -2.11. The van der Waals surface area contributed by atoms with Crippen LogP contribution in [0.25, 0.3) is 21.7 Å². The Bertz CT molecular complexity index is 1400. The molecule has 0 saturated carbocycles. The summed E-state index contributed by atoms with van der Waals surface area (Å²) in [7, 11) is -3.83. The van der Waals surface area contributed by atoms with Gasteiger partial charge in [-0.1, -0.05) is 29.5 Å². The van der Waals surface area contributed by atoms with Crippen molar-refractivity contribution < 1.29 is 22.7 Å².